The van der Waals surface area contributed by atoms with E-state index in [9.17, 15) is 72.9 Å². The Kier molecular flexibility index (Phi) is 26.5. The van der Waals surface area contributed by atoms with Crippen molar-refractivity contribution in [3.05, 3.63) is 84.1 Å². The van der Waals surface area contributed by atoms with E-state index in [0.29, 0.717) is 28.5 Å². The predicted octanol–water partition coefficient (Wildman–Crippen LogP) is -3.06. The predicted molar refractivity (Wildman–Crippen MR) is 308 cm³/mol. The molecule has 2 aromatic carbocycles. The Bertz CT molecular complexity index is 2980. The number of rotatable bonds is 34. The molecule has 31 heteroatoms. The Labute approximate surface area is 492 Å². The number of H-pyrrole nitrogens is 2. The van der Waals surface area contributed by atoms with Crippen molar-refractivity contribution in [2.24, 2.45) is 23.3 Å². The maximum absolute atomic E-state index is 14.2. The van der Waals surface area contributed by atoms with E-state index in [2.05, 4.69) is 88.1 Å². The molecular weight excluding hydrogens is 1140 g/mol. The van der Waals surface area contributed by atoms with Gasteiger partial charge < -0.3 is 84.6 Å². The van der Waals surface area contributed by atoms with Crippen molar-refractivity contribution in [3.8, 4) is 5.75 Å². The second-order valence-electron chi connectivity index (χ2n) is 20.0. The summed E-state index contributed by atoms with van der Waals surface area (Å²) < 4.78 is 0. The number of carboxylic acid groups (broad SMARTS) is 2. The van der Waals surface area contributed by atoms with Crippen molar-refractivity contribution in [3.63, 3.8) is 0 Å². The number of amides is 10. The normalized spacial score (nSPS) is 14.7. The molecule has 0 radical (unpaired) electrons. The van der Waals surface area contributed by atoms with E-state index in [1.54, 1.807) is 58.2 Å². The number of hydrogen-bond donors (Lipinski definition) is 18. The first-order valence-electron chi connectivity index (χ1n) is 26.4. The quantitative estimate of drug-likeness (QED) is 0.0207. The van der Waals surface area contributed by atoms with Crippen molar-refractivity contribution in [1.29, 1.82) is 0 Å². The van der Waals surface area contributed by atoms with Crippen LogP contribution in [-0.2, 0) is 76.8 Å². The van der Waals surface area contributed by atoms with Gasteiger partial charge in [0.15, 0.2) is 0 Å². The number of nitrogens with zero attached hydrogens (tertiary/aromatic N) is 1. The lowest BCUT2D eigenvalue weighted by Crippen LogP contribution is -2.61. The monoisotopic (exact) mass is 1210 g/mol. The van der Waals surface area contributed by atoms with Crippen LogP contribution in [0.3, 0.4) is 0 Å². The molecule has 0 spiro atoms. The van der Waals surface area contributed by atoms with E-state index in [1.807, 2.05) is 0 Å². The molecule has 29 nitrogen and oxygen atoms in total. The summed E-state index contributed by atoms with van der Waals surface area (Å²) in [5.74, 6) is -14.5. The summed E-state index contributed by atoms with van der Waals surface area (Å²) in [4.78, 5) is 170. The maximum atomic E-state index is 14.2. The summed E-state index contributed by atoms with van der Waals surface area (Å²) in [6.07, 6.45) is 1.77. The first-order valence-corrected chi connectivity index (χ1v) is 27.7. The minimum Gasteiger partial charge on any atom is -0.508 e. The van der Waals surface area contributed by atoms with Gasteiger partial charge in [0.1, 0.15) is 54.1 Å². The van der Waals surface area contributed by atoms with Crippen molar-refractivity contribution in [2.75, 3.05) is 18.1 Å². The minimum absolute atomic E-state index is 0.0227. The Morgan fingerprint density at radius 3 is 1.71 bits per heavy atom. The summed E-state index contributed by atoms with van der Waals surface area (Å²) in [6, 6.07) is -0.912. The molecule has 2 aromatic heterocycles. The highest BCUT2D eigenvalue weighted by Crippen LogP contribution is 2.20. The van der Waals surface area contributed by atoms with Gasteiger partial charge in [0.05, 0.1) is 31.8 Å². The number of thiol groups is 2. The lowest BCUT2D eigenvalue weighted by Gasteiger charge is -2.30. The fraction of sp³-hybridized carbons (Fsp3) is 0.453. The molecule has 0 bridgehead atoms. The van der Waals surface area contributed by atoms with Crippen LogP contribution in [-0.4, -0.2) is 174 Å². The highest BCUT2D eigenvalue weighted by molar-refractivity contribution is 7.80. The number of aromatic hydroxyl groups is 1. The van der Waals surface area contributed by atoms with E-state index in [0.717, 1.165) is 0 Å². The number of nitrogens with one attached hydrogen (secondary N) is 11. The van der Waals surface area contributed by atoms with Crippen LogP contribution >= 0.6 is 25.3 Å². The number of carbonyl (C=O) groups excluding carboxylic acids is 10. The van der Waals surface area contributed by atoms with Crippen LogP contribution in [0.4, 0.5) is 0 Å². The first kappa shape index (κ1) is 67.8. The van der Waals surface area contributed by atoms with Gasteiger partial charge in [-0.3, -0.25) is 52.7 Å². The molecule has 10 atom stereocenters. The third-order valence-electron chi connectivity index (χ3n) is 13.2. The molecule has 18 N–H and O–H groups in total. The van der Waals surface area contributed by atoms with Gasteiger partial charge in [-0.25, -0.2) is 9.78 Å². The van der Waals surface area contributed by atoms with Gasteiger partial charge in [0, 0.05) is 59.8 Å². The fourth-order valence-electron chi connectivity index (χ4n) is 8.32. The number of fused-ring (bicyclic) bond motifs is 1. The van der Waals surface area contributed by atoms with Crippen molar-refractivity contribution < 1.29 is 72.9 Å². The van der Waals surface area contributed by atoms with Crippen LogP contribution in [0.15, 0.2) is 67.3 Å². The Morgan fingerprint density at radius 2 is 1.15 bits per heavy atom. The zero-order chi connectivity index (χ0) is 62.4. The first-order chi connectivity index (χ1) is 39.7. The molecule has 456 valence electrons. The second-order valence-corrected chi connectivity index (χ2v) is 20.8. The van der Waals surface area contributed by atoms with E-state index >= 15 is 0 Å². The molecular formula is C53H72N14O15S2. The van der Waals surface area contributed by atoms with Crippen molar-refractivity contribution >= 4 is 107 Å². The fourth-order valence-corrected chi connectivity index (χ4v) is 8.74. The lowest BCUT2D eigenvalue weighted by atomic mass is 9.95. The summed E-state index contributed by atoms with van der Waals surface area (Å²) in [7, 11) is 0. The average molecular weight is 1210 g/mol. The average Bonchev–Trinajstić information content (AvgIpc) is 4.32. The van der Waals surface area contributed by atoms with Gasteiger partial charge in [-0.1, -0.05) is 64.4 Å². The number of phenols is 1. The number of nitrogens with two attached hydrogens (primary N) is 2. The van der Waals surface area contributed by atoms with Crippen LogP contribution in [0.2, 0.25) is 0 Å². The number of imidazole rings is 1. The number of primary amides is 1. The van der Waals surface area contributed by atoms with Crippen LogP contribution in [0.5, 0.6) is 5.75 Å². The molecule has 4 aromatic rings. The van der Waals surface area contributed by atoms with Gasteiger partial charge in [0.2, 0.25) is 59.1 Å². The van der Waals surface area contributed by atoms with Crippen molar-refractivity contribution in [1.82, 2.24) is 62.8 Å². The van der Waals surface area contributed by atoms with Crippen LogP contribution in [0.1, 0.15) is 63.8 Å². The topological polar surface area (TPSA) is 470 Å². The molecule has 0 aliphatic carbocycles. The Balaban J connectivity index is 1.54. The standard InChI is InChI=1S/C53H72N14O15S2/c1-5-26(4)44(67-51(79)43(25(2)3)66-45(73)32(54)22-83)52(80)64-34(14-27-10-12-30(68)13-11-27)47(75)63-38(18-42(71)72)46(74)58-21-41(70)60-37(17-40(55)69)50(78)62-36(16-29-20-56-24-59-29)49(77)61-35(48(76)65-39(23-84)53(81)82)15-28-19-57-33-9-7-6-8-31(28)33/h6-13,19-20,24-26,32,34-39,43-44,57,68,83-84H,5,14-18,21-23,54H2,1-4H3,(H2,55,69)(H,56,59)(H,58,74)(H,60,70)(H,61,77)(H,62,78)(H,63,75)(H,64,80)(H,65,76)(H,66,73)(H,67,79)(H,71,72)(H,81,82)/t26-,32-,34-,35-,36-,37-,38-,39-,43-,44-/m0/s1. The molecule has 0 saturated carbocycles. The van der Waals surface area contributed by atoms with Crippen LogP contribution < -0.4 is 59.3 Å². The molecule has 0 saturated heterocycles. The van der Waals surface area contributed by atoms with Gasteiger partial charge in [-0.2, -0.15) is 25.3 Å². The van der Waals surface area contributed by atoms with Gasteiger partial charge in [-0.15, -0.1) is 0 Å². The lowest BCUT2D eigenvalue weighted by molar-refractivity contribution is -0.142. The number of carbonyl (C=O) groups is 12. The zero-order valence-electron chi connectivity index (χ0n) is 46.3. The Hall–Kier alpha value is -8.71. The van der Waals surface area contributed by atoms with E-state index in [4.69, 9.17) is 11.5 Å². The van der Waals surface area contributed by atoms with Gasteiger partial charge in [0.25, 0.3) is 0 Å². The van der Waals surface area contributed by atoms with E-state index in [1.165, 1.54) is 36.8 Å². The van der Waals surface area contributed by atoms with Gasteiger partial charge >= 0.3 is 11.9 Å². The number of carboxylic acids is 2. The molecule has 0 fully saturated rings. The molecule has 84 heavy (non-hydrogen) atoms. The molecule has 0 aliphatic heterocycles. The second kappa shape index (κ2) is 32.8. The number of benzene rings is 2. The molecule has 0 unspecified atom stereocenters. The molecule has 10 amide bonds. The number of aromatic amines is 2. The number of aliphatic carboxylic acids is 2. The van der Waals surface area contributed by atoms with Crippen LogP contribution in [0, 0.1) is 11.8 Å². The summed E-state index contributed by atoms with van der Waals surface area (Å²) in [5, 5.41) is 51.9. The smallest absolute Gasteiger partial charge is 0.327 e. The number of phenolic OH excluding ortho intramolecular Hbond substituents is 1. The molecule has 2 heterocycles. The summed E-state index contributed by atoms with van der Waals surface area (Å²) >= 11 is 8.05. The minimum atomic E-state index is -1.94. The van der Waals surface area contributed by atoms with E-state index in [-0.39, 0.29) is 42.2 Å². The highest BCUT2D eigenvalue weighted by Gasteiger charge is 2.37. The third kappa shape index (κ3) is 20.9. The maximum Gasteiger partial charge on any atom is 0.327 e. The van der Waals surface area contributed by atoms with Crippen LogP contribution in [0.25, 0.3) is 10.9 Å². The zero-order valence-corrected chi connectivity index (χ0v) is 48.1. The number of aromatic nitrogens is 3. The largest absolute Gasteiger partial charge is 0.508 e. The SMILES string of the molecule is CC[C@H](C)[C@H](NC(=O)[C@@H](NC(=O)[C@@H](N)CS)C(C)C)C(=O)N[C@@H](Cc1ccc(O)cc1)C(=O)N[C@@H](CC(=O)O)C(=O)NCC(=O)N[C@@H](CC(N)=O)C(=O)N[C@@H](Cc1cnc[nH]1)C(=O)N[C@@H](Cc1c[nH]c2ccccc12)C(=O)N[C@@H](CS)C(=O)O. The number of hydrogen-bond acceptors (Lipinski definition) is 17. The molecule has 4 rings (SSSR count). The molecule has 0 aliphatic rings. The summed E-state index contributed by atoms with van der Waals surface area (Å²) in [6.45, 7) is 5.67. The number of para-hydroxylation sites is 1. The van der Waals surface area contributed by atoms with Crippen molar-refractivity contribution in [2.45, 2.75) is 121 Å². The highest BCUT2D eigenvalue weighted by atomic mass is 32.1. The summed E-state index contributed by atoms with van der Waals surface area (Å²) in [5.41, 5.74) is 13.2. The van der Waals surface area contributed by atoms with E-state index < -0.39 is 157 Å². The van der Waals surface area contributed by atoms with Gasteiger partial charge in [-0.05, 0) is 41.2 Å². The third-order valence-corrected chi connectivity index (χ3v) is 14.0. The Morgan fingerprint density at radius 1 is 0.607 bits per heavy atom.